The van der Waals surface area contributed by atoms with E-state index >= 15 is 0 Å². The lowest BCUT2D eigenvalue weighted by Gasteiger charge is -2.38. The molecule has 0 aliphatic carbocycles. The second-order valence-electron chi connectivity index (χ2n) is 7.26. The number of aliphatic hydroxyl groups is 1. The molecule has 8 heteroatoms. The average Bonchev–Trinajstić information content (AvgIpc) is 2.61. The molecule has 2 aromatic rings. The first-order chi connectivity index (χ1) is 12.3. The van der Waals surface area contributed by atoms with Gasteiger partial charge in [-0.05, 0) is 25.8 Å². The summed E-state index contributed by atoms with van der Waals surface area (Å²) in [5.74, 6) is 0.692. The molecule has 1 fully saturated rings. The third-order valence-electron chi connectivity index (χ3n) is 4.73. The van der Waals surface area contributed by atoms with Crippen molar-refractivity contribution in [3.63, 3.8) is 0 Å². The summed E-state index contributed by atoms with van der Waals surface area (Å²) in [6, 6.07) is 3.19. The van der Waals surface area contributed by atoms with Crippen LogP contribution in [-0.2, 0) is 13.1 Å². The molecule has 3 rings (SSSR count). The number of aryl methyl sites for hydroxylation is 1. The van der Waals surface area contributed by atoms with Crippen LogP contribution >= 0.6 is 0 Å². The van der Waals surface area contributed by atoms with Gasteiger partial charge in [0.25, 0.3) is 5.56 Å². The van der Waals surface area contributed by atoms with Crippen molar-refractivity contribution >= 4 is 5.95 Å². The van der Waals surface area contributed by atoms with Crippen molar-refractivity contribution < 1.29 is 5.11 Å². The molecule has 1 aliphatic heterocycles. The average molecular weight is 358 g/mol. The van der Waals surface area contributed by atoms with Crippen LogP contribution in [0.5, 0.6) is 0 Å². The predicted molar refractivity (Wildman–Crippen MR) is 99.1 cm³/mol. The number of anilines is 1. The van der Waals surface area contributed by atoms with Crippen LogP contribution in [0.25, 0.3) is 0 Å². The number of aromatic nitrogens is 4. The van der Waals surface area contributed by atoms with Gasteiger partial charge in [-0.1, -0.05) is 0 Å². The maximum absolute atomic E-state index is 11.9. The van der Waals surface area contributed by atoms with Gasteiger partial charge >= 0.3 is 0 Å². The van der Waals surface area contributed by atoms with E-state index in [2.05, 4.69) is 20.0 Å². The second kappa shape index (κ2) is 7.51. The standard InChI is InChI=1S/C18H26N6O2/c1-14-4-5-16(25)24(21-14)13-18(26)6-8-23(9-7-18)12-15-10-19-17(20-11-15)22(2)3/h4-5,10-11,26H,6-9,12-13H2,1-3H3. The highest BCUT2D eigenvalue weighted by Gasteiger charge is 2.33. The molecule has 140 valence electrons. The minimum absolute atomic E-state index is 0.176. The number of rotatable bonds is 5. The van der Waals surface area contributed by atoms with Crippen molar-refractivity contribution in [1.82, 2.24) is 24.6 Å². The van der Waals surface area contributed by atoms with Gasteiger partial charge < -0.3 is 10.0 Å². The summed E-state index contributed by atoms with van der Waals surface area (Å²) < 4.78 is 1.37. The molecule has 0 aromatic carbocycles. The summed E-state index contributed by atoms with van der Waals surface area (Å²) >= 11 is 0. The maximum atomic E-state index is 11.9. The van der Waals surface area contributed by atoms with E-state index in [1.54, 1.807) is 6.07 Å². The van der Waals surface area contributed by atoms with Crippen LogP contribution in [0.1, 0.15) is 24.1 Å². The fourth-order valence-corrected chi connectivity index (χ4v) is 3.15. The highest BCUT2D eigenvalue weighted by atomic mass is 16.3. The Labute approximate surface area is 153 Å². The highest BCUT2D eigenvalue weighted by Crippen LogP contribution is 2.24. The molecule has 0 saturated carbocycles. The molecule has 0 amide bonds. The number of hydrogen-bond donors (Lipinski definition) is 1. The van der Waals surface area contributed by atoms with Gasteiger partial charge in [0.15, 0.2) is 0 Å². The smallest absolute Gasteiger partial charge is 0.266 e. The van der Waals surface area contributed by atoms with Crippen molar-refractivity contribution in [2.45, 2.75) is 38.5 Å². The van der Waals surface area contributed by atoms with Crippen LogP contribution < -0.4 is 10.5 Å². The zero-order valence-electron chi connectivity index (χ0n) is 15.6. The molecule has 0 atom stereocenters. The van der Waals surface area contributed by atoms with Gasteiger partial charge in [0.1, 0.15) is 0 Å². The van der Waals surface area contributed by atoms with E-state index in [0.29, 0.717) is 18.8 Å². The van der Waals surface area contributed by atoms with Crippen LogP contribution in [-0.4, -0.2) is 62.5 Å². The van der Waals surface area contributed by atoms with E-state index in [0.717, 1.165) is 30.9 Å². The molecule has 1 aliphatic rings. The van der Waals surface area contributed by atoms with Gasteiger partial charge in [-0.15, -0.1) is 0 Å². The molecule has 3 heterocycles. The van der Waals surface area contributed by atoms with Crippen molar-refractivity contribution in [1.29, 1.82) is 0 Å². The fraction of sp³-hybridized carbons (Fsp3) is 0.556. The number of hydrogen-bond acceptors (Lipinski definition) is 7. The van der Waals surface area contributed by atoms with E-state index in [9.17, 15) is 9.90 Å². The van der Waals surface area contributed by atoms with Crippen LogP contribution in [0.2, 0.25) is 0 Å². The summed E-state index contributed by atoms with van der Waals surface area (Å²) in [4.78, 5) is 24.7. The Kier molecular flexibility index (Phi) is 5.33. The predicted octanol–water partition coefficient (Wildman–Crippen LogP) is 0.435. The SMILES string of the molecule is Cc1ccc(=O)n(CC2(O)CCN(Cc3cnc(N(C)C)nc3)CC2)n1. The van der Waals surface area contributed by atoms with Crippen molar-refractivity contribution in [2.75, 3.05) is 32.1 Å². The number of likely N-dealkylation sites (tertiary alicyclic amines) is 1. The Bertz CT molecular complexity index is 794. The fourth-order valence-electron chi connectivity index (χ4n) is 3.15. The summed E-state index contributed by atoms with van der Waals surface area (Å²) in [5.41, 5.74) is 0.751. The van der Waals surface area contributed by atoms with E-state index in [1.165, 1.54) is 10.7 Å². The molecule has 2 aromatic heterocycles. The maximum Gasteiger partial charge on any atom is 0.266 e. The van der Waals surface area contributed by atoms with Crippen LogP contribution in [0.3, 0.4) is 0 Å². The van der Waals surface area contributed by atoms with Crippen LogP contribution in [0.4, 0.5) is 5.95 Å². The largest absolute Gasteiger partial charge is 0.388 e. The first-order valence-electron chi connectivity index (χ1n) is 8.82. The summed E-state index contributed by atoms with van der Waals surface area (Å²) in [5, 5.41) is 15.1. The van der Waals surface area contributed by atoms with Crippen molar-refractivity contribution in [3.05, 3.63) is 46.1 Å². The number of nitrogens with zero attached hydrogens (tertiary/aromatic N) is 6. The molecule has 0 unspecified atom stereocenters. The summed E-state index contributed by atoms with van der Waals surface area (Å²) in [6.45, 7) is 4.35. The lowest BCUT2D eigenvalue weighted by molar-refractivity contribution is -0.0390. The number of piperidine rings is 1. The molecular weight excluding hydrogens is 332 g/mol. The highest BCUT2D eigenvalue weighted by molar-refractivity contribution is 5.26. The summed E-state index contributed by atoms with van der Waals surface area (Å²) in [7, 11) is 3.82. The molecule has 0 radical (unpaired) electrons. The normalized spacial score (nSPS) is 17.2. The van der Waals surface area contributed by atoms with Gasteiger partial charge in [-0.25, -0.2) is 14.6 Å². The Morgan fingerprint density at radius 3 is 2.46 bits per heavy atom. The molecule has 8 nitrogen and oxygen atoms in total. The molecule has 0 spiro atoms. The monoisotopic (exact) mass is 358 g/mol. The van der Waals surface area contributed by atoms with Crippen LogP contribution in [0, 0.1) is 6.92 Å². The zero-order chi connectivity index (χ0) is 18.7. The van der Waals surface area contributed by atoms with Gasteiger partial charge in [-0.3, -0.25) is 9.69 Å². The zero-order valence-corrected chi connectivity index (χ0v) is 15.6. The van der Waals surface area contributed by atoms with E-state index in [1.807, 2.05) is 38.3 Å². The first kappa shape index (κ1) is 18.5. The lowest BCUT2D eigenvalue weighted by atomic mass is 9.91. The van der Waals surface area contributed by atoms with Gasteiger partial charge in [-0.2, -0.15) is 5.10 Å². The molecular formula is C18H26N6O2. The lowest BCUT2D eigenvalue weighted by Crippen LogP contribution is -2.48. The molecule has 1 N–H and O–H groups in total. The Morgan fingerprint density at radius 2 is 1.85 bits per heavy atom. The minimum Gasteiger partial charge on any atom is -0.388 e. The summed E-state index contributed by atoms with van der Waals surface area (Å²) in [6.07, 6.45) is 4.90. The van der Waals surface area contributed by atoms with E-state index in [-0.39, 0.29) is 12.1 Å². The van der Waals surface area contributed by atoms with E-state index < -0.39 is 5.60 Å². The molecule has 0 bridgehead atoms. The van der Waals surface area contributed by atoms with Crippen molar-refractivity contribution in [3.8, 4) is 0 Å². The van der Waals surface area contributed by atoms with Gasteiger partial charge in [0.05, 0.1) is 17.8 Å². The van der Waals surface area contributed by atoms with Gasteiger partial charge in [0, 0.05) is 57.8 Å². The molecule has 1 saturated heterocycles. The van der Waals surface area contributed by atoms with Crippen LogP contribution in [0.15, 0.2) is 29.3 Å². The van der Waals surface area contributed by atoms with Gasteiger partial charge in [0.2, 0.25) is 5.95 Å². The Hall–Kier alpha value is -2.32. The third kappa shape index (κ3) is 4.44. The second-order valence-corrected chi connectivity index (χ2v) is 7.26. The Balaban J connectivity index is 1.57. The molecule has 26 heavy (non-hydrogen) atoms. The van der Waals surface area contributed by atoms with Crippen molar-refractivity contribution in [2.24, 2.45) is 0 Å². The third-order valence-corrected chi connectivity index (χ3v) is 4.73. The first-order valence-corrected chi connectivity index (χ1v) is 8.82. The quantitative estimate of drug-likeness (QED) is 0.829. The topological polar surface area (TPSA) is 87.4 Å². The minimum atomic E-state index is -0.896. The van der Waals surface area contributed by atoms with E-state index in [4.69, 9.17) is 0 Å². The Morgan fingerprint density at radius 1 is 1.19 bits per heavy atom.